The molecule has 1 atom stereocenters. The number of rotatable bonds is 6. The lowest BCUT2D eigenvalue weighted by Crippen LogP contribution is -2.27. The predicted octanol–water partition coefficient (Wildman–Crippen LogP) is 3.30. The summed E-state index contributed by atoms with van der Waals surface area (Å²) >= 11 is 0. The third kappa shape index (κ3) is 3.68. The zero-order chi connectivity index (χ0) is 13.7. The summed E-state index contributed by atoms with van der Waals surface area (Å²) in [7, 11) is 0. The molecular formula is C13H16F2O3. The molecule has 0 amide bonds. The lowest BCUT2D eigenvalue weighted by atomic mass is 10.1. The van der Waals surface area contributed by atoms with E-state index in [1.54, 1.807) is 0 Å². The zero-order valence-electron chi connectivity index (χ0n) is 10.4. The molecule has 18 heavy (non-hydrogen) atoms. The Morgan fingerprint density at radius 3 is 2.39 bits per heavy atom. The van der Waals surface area contributed by atoms with Crippen molar-refractivity contribution in [2.75, 3.05) is 0 Å². The Morgan fingerprint density at radius 1 is 1.39 bits per heavy atom. The van der Waals surface area contributed by atoms with Gasteiger partial charge >= 0.3 is 5.97 Å². The van der Waals surface area contributed by atoms with Gasteiger partial charge in [-0.25, -0.2) is 13.6 Å². The van der Waals surface area contributed by atoms with Gasteiger partial charge < -0.3 is 9.84 Å². The molecule has 1 aromatic rings. The van der Waals surface area contributed by atoms with Crippen LogP contribution in [0.25, 0.3) is 0 Å². The number of halogens is 2. The maximum absolute atomic E-state index is 13.3. The molecule has 5 heteroatoms. The van der Waals surface area contributed by atoms with Crippen molar-refractivity contribution < 1.29 is 23.4 Å². The van der Waals surface area contributed by atoms with E-state index in [-0.39, 0.29) is 11.3 Å². The number of benzene rings is 1. The highest BCUT2D eigenvalue weighted by molar-refractivity contribution is 5.72. The topological polar surface area (TPSA) is 46.5 Å². The van der Waals surface area contributed by atoms with Gasteiger partial charge in [-0.1, -0.05) is 13.3 Å². The van der Waals surface area contributed by atoms with E-state index in [2.05, 4.69) is 0 Å². The maximum atomic E-state index is 13.3. The van der Waals surface area contributed by atoms with Crippen molar-refractivity contribution in [3.05, 3.63) is 29.3 Å². The summed E-state index contributed by atoms with van der Waals surface area (Å²) in [5.41, 5.74) is -0.109. The average Bonchev–Trinajstić information content (AvgIpc) is 2.30. The van der Waals surface area contributed by atoms with Gasteiger partial charge in [0.2, 0.25) is 0 Å². The molecule has 0 bridgehead atoms. The first-order valence-electron chi connectivity index (χ1n) is 5.80. The van der Waals surface area contributed by atoms with E-state index in [0.717, 1.165) is 18.6 Å². The second-order valence-corrected chi connectivity index (χ2v) is 4.10. The molecule has 1 unspecified atom stereocenters. The molecule has 3 nitrogen and oxygen atoms in total. The first-order valence-corrected chi connectivity index (χ1v) is 5.80. The molecule has 100 valence electrons. The number of carboxylic acid groups (broad SMARTS) is 1. The molecule has 0 fully saturated rings. The highest BCUT2D eigenvalue weighted by Gasteiger charge is 2.19. The van der Waals surface area contributed by atoms with E-state index in [0.29, 0.717) is 12.8 Å². The number of carboxylic acids is 1. The second kappa shape index (κ2) is 6.33. The summed E-state index contributed by atoms with van der Waals surface area (Å²) in [4.78, 5) is 10.9. The van der Waals surface area contributed by atoms with Gasteiger partial charge in [-0.3, -0.25) is 0 Å². The van der Waals surface area contributed by atoms with Gasteiger partial charge in [0.25, 0.3) is 0 Å². The van der Waals surface area contributed by atoms with Crippen molar-refractivity contribution in [2.45, 2.75) is 39.2 Å². The predicted molar refractivity (Wildman–Crippen MR) is 62.7 cm³/mol. The van der Waals surface area contributed by atoms with Gasteiger partial charge in [0.05, 0.1) is 0 Å². The average molecular weight is 258 g/mol. The number of aliphatic carboxylic acids is 1. The van der Waals surface area contributed by atoms with Gasteiger partial charge in [0.1, 0.15) is 17.4 Å². The van der Waals surface area contributed by atoms with E-state index in [9.17, 15) is 13.6 Å². The summed E-state index contributed by atoms with van der Waals surface area (Å²) in [6, 6.07) is 2.00. The third-order valence-corrected chi connectivity index (χ3v) is 2.63. The normalized spacial score (nSPS) is 12.2. The Morgan fingerprint density at radius 2 is 1.94 bits per heavy atom. The molecule has 0 saturated carbocycles. The van der Waals surface area contributed by atoms with Gasteiger partial charge in [-0.05, 0) is 19.8 Å². The number of carbonyl (C=O) groups is 1. The van der Waals surface area contributed by atoms with Gasteiger partial charge in [-0.2, -0.15) is 0 Å². The molecule has 0 aromatic heterocycles. The molecular weight excluding hydrogens is 242 g/mol. The fourth-order valence-electron chi connectivity index (χ4n) is 1.48. The summed E-state index contributed by atoms with van der Waals surface area (Å²) in [5, 5.41) is 8.94. The van der Waals surface area contributed by atoms with Crippen LogP contribution in [0, 0.1) is 18.6 Å². The van der Waals surface area contributed by atoms with Crippen molar-refractivity contribution in [3.63, 3.8) is 0 Å². The Bertz CT molecular complexity index is 409. The number of hydrogen-bond donors (Lipinski definition) is 1. The summed E-state index contributed by atoms with van der Waals surface area (Å²) in [6.45, 7) is 3.23. The van der Waals surface area contributed by atoms with Crippen LogP contribution in [0.5, 0.6) is 5.75 Å². The minimum absolute atomic E-state index is 0.0981. The van der Waals surface area contributed by atoms with Crippen molar-refractivity contribution in [1.29, 1.82) is 0 Å². The molecule has 0 aliphatic rings. The Balaban J connectivity index is 2.84. The lowest BCUT2D eigenvalue weighted by Gasteiger charge is -2.15. The number of hydrogen-bond acceptors (Lipinski definition) is 2. The van der Waals surface area contributed by atoms with E-state index in [1.807, 2.05) is 6.92 Å². The minimum atomic E-state index is -1.13. The monoisotopic (exact) mass is 258 g/mol. The molecule has 0 aliphatic carbocycles. The fourth-order valence-corrected chi connectivity index (χ4v) is 1.48. The van der Waals surface area contributed by atoms with Crippen LogP contribution in [0.4, 0.5) is 8.78 Å². The Labute approximate surface area is 104 Å². The standard InChI is InChI=1S/C13H16F2O3/c1-3-4-5-12(13(16)17)18-9-6-10(14)8(2)11(15)7-9/h6-7,12H,3-5H2,1-2H3,(H,16,17). The van der Waals surface area contributed by atoms with Crippen LogP contribution >= 0.6 is 0 Å². The summed E-state index contributed by atoms with van der Waals surface area (Å²) in [6.07, 6.45) is 0.729. The van der Waals surface area contributed by atoms with Crippen molar-refractivity contribution in [1.82, 2.24) is 0 Å². The van der Waals surface area contributed by atoms with E-state index in [4.69, 9.17) is 9.84 Å². The Hall–Kier alpha value is -1.65. The number of ether oxygens (including phenoxy) is 1. The van der Waals surface area contributed by atoms with Crippen LogP contribution in [0.3, 0.4) is 0 Å². The first-order chi connectivity index (χ1) is 8.45. The molecule has 1 rings (SSSR count). The van der Waals surface area contributed by atoms with Crippen molar-refractivity contribution >= 4 is 5.97 Å². The van der Waals surface area contributed by atoms with Crippen LogP contribution in [-0.2, 0) is 4.79 Å². The number of unbranched alkanes of at least 4 members (excludes halogenated alkanes) is 1. The molecule has 0 spiro atoms. The highest BCUT2D eigenvalue weighted by Crippen LogP contribution is 2.22. The van der Waals surface area contributed by atoms with Crippen LogP contribution in [0.15, 0.2) is 12.1 Å². The van der Waals surface area contributed by atoms with E-state index in [1.165, 1.54) is 6.92 Å². The minimum Gasteiger partial charge on any atom is -0.479 e. The lowest BCUT2D eigenvalue weighted by molar-refractivity contribution is -0.145. The quantitative estimate of drug-likeness (QED) is 0.851. The zero-order valence-corrected chi connectivity index (χ0v) is 10.4. The van der Waals surface area contributed by atoms with Crippen molar-refractivity contribution in [3.8, 4) is 5.75 Å². The van der Waals surface area contributed by atoms with E-state index >= 15 is 0 Å². The molecule has 0 radical (unpaired) electrons. The molecule has 0 aliphatic heterocycles. The maximum Gasteiger partial charge on any atom is 0.344 e. The van der Waals surface area contributed by atoms with Crippen LogP contribution in [0.1, 0.15) is 31.7 Å². The molecule has 0 heterocycles. The first kappa shape index (κ1) is 14.4. The van der Waals surface area contributed by atoms with Crippen LogP contribution in [-0.4, -0.2) is 17.2 Å². The van der Waals surface area contributed by atoms with Crippen molar-refractivity contribution in [2.24, 2.45) is 0 Å². The SMILES string of the molecule is CCCCC(Oc1cc(F)c(C)c(F)c1)C(=O)O. The Kier molecular flexibility index (Phi) is 5.07. The largest absolute Gasteiger partial charge is 0.479 e. The molecule has 1 N–H and O–H groups in total. The van der Waals surface area contributed by atoms with Crippen LogP contribution < -0.4 is 4.74 Å². The third-order valence-electron chi connectivity index (χ3n) is 2.63. The molecule has 1 aromatic carbocycles. The van der Waals surface area contributed by atoms with Crippen LogP contribution in [0.2, 0.25) is 0 Å². The summed E-state index contributed by atoms with van der Waals surface area (Å²) < 4.78 is 31.7. The fraction of sp³-hybridized carbons (Fsp3) is 0.462. The van der Waals surface area contributed by atoms with Gasteiger partial charge in [0.15, 0.2) is 6.10 Å². The second-order valence-electron chi connectivity index (χ2n) is 4.10. The summed E-state index contributed by atoms with van der Waals surface area (Å²) in [5.74, 6) is -2.72. The molecule has 0 saturated heterocycles. The highest BCUT2D eigenvalue weighted by atomic mass is 19.1. The van der Waals surface area contributed by atoms with Gasteiger partial charge in [-0.15, -0.1) is 0 Å². The smallest absolute Gasteiger partial charge is 0.344 e. The van der Waals surface area contributed by atoms with Gasteiger partial charge in [0, 0.05) is 17.7 Å². The van der Waals surface area contributed by atoms with E-state index < -0.39 is 23.7 Å².